The van der Waals surface area contributed by atoms with E-state index in [0.717, 1.165) is 46.0 Å². The molecule has 0 fully saturated rings. The van der Waals surface area contributed by atoms with Crippen LogP contribution >= 0.6 is 0 Å². The Bertz CT molecular complexity index is 2400. The summed E-state index contributed by atoms with van der Waals surface area (Å²) in [6.45, 7) is 0.776. The fourth-order valence-corrected chi connectivity index (χ4v) is 6.83. The van der Waals surface area contributed by atoms with Gasteiger partial charge in [-0.25, -0.2) is 0 Å². The van der Waals surface area contributed by atoms with E-state index in [4.69, 9.17) is 4.42 Å². The average molecular weight is 591 g/mol. The first-order valence-electron chi connectivity index (χ1n) is 15.7. The summed E-state index contributed by atoms with van der Waals surface area (Å²) in [5.74, 6) is 0.834. The van der Waals surface area contributed by atoms with Gasteiger partial charge in [-0.2, -0.15) is 0 Å². The van der Waals surface area contributed by atoms with Crippen LogP contribution in [0.1, 0.15) is 5.56 Å². The lowest BCUT2D eigenvalue weighted by atomic mass is 9.93. The highest BCUT2D eigenvalue weighted by Crippen LogP contribution is 2.42. The Morgan fingerprint density at radius 2 is 1.13 bits per heavy atom. The molecule has 0 amide bonds. The first-order valence-corrected chi connectivity index (χ1v) is 15.7. The number of hydrogen-bond acceptors (Lipinski definition) is 3. The number of nitrogens with zero attached hydrogens (tertiary/aromatic N) is 1. The minimum absolute atomic E-state index is 0.776. The topological polar surface area (TPSA) is 28.4 Å². The molecule has 3 heteroatoms. The van der Waals surface area contributed by atoms with Gasteiger partial charge < -0.3 is 14.6 Å². The lowest BCUT2D eigenvalue weighted by Gasteiger charge is -2.26. The summed E-state index contributed by atoms with van der Waals surface area (Å²) in [6, 6.07) is 54.5. The van der Waals surface area contributed by atoms with Gasteiger partial charge in [-0.05, 0) is 86.3 Å². The average Bonchev–Trinajstić information content (AvgIpc) is 3.50. The van der Waals surface area contributed by atoms with E-state index < -0.39 is 0 Å². The Kier molecular flexibility index (Phi) is 6.20. The molecule has 1 aromatic heterocycles. The normalized spacial score (nSPS) is 12.3. The predicted octanol–water partition coefficient (Wildman–Crippen LogP) is 12.0. The molecule has 7 aromatic carbocycles. The predicted molar refractivity (Wildman–Crippen MR) is 194 cm³/mol. The van der Waals surface area contributed by atoms with E-state index >= 15 is 0 Å². The fourth-order valence-electron chi connectivity index (χ4n) is 6.83. The molecule has 0 spiro atoms. The molecule has 0 saturated carbocycles. The Labute approximate surface area is 267 Å². The van der Waals surface area contributed by atoms with E-state index in [0.29, 0.717) is 0 Å². The Hall–Kier alpha value is -6.06. The van der Waals surface area contributed by atoms with E-state index in [1.807, 2.05) is 0 Å². The van der Waals surface area contributed by atoms with Crippen LogP contribution in [0.15, 0.2) is 162 Å². The van der Waals surface area contributed by atoms with Gasteiger partial charge in [0.2, 0.25) is 5.88 Å². The highest BCUT2D eigenvalue weighted by Gasteiger charge is 2.19. The molecule has 9 rings (SSSR count). The zero-order valence-electron chi connectivity index (χ0n) is 25.2. The highest BCUT2D eigenvalue weighted by molar-refractivity contribution is 6.13. The molecular weight excluding hydrogens is 560 g/mol. The van der Waals surface area contributed by atoms with Gasteiger partial charge in [-0.3, -0.25) is 0 Å². The van der Waals surface area contributed by atoms with Crippen LogP contribution in [0.25, 0.3) is 60.8 Å². The standard InChI is InChI=1S/C43H30N2O/c1-2-9-29(10-3-1)30-16-20-33(21-17-30)45(35-24-25-39-40-15-8-26-44-43(40)46-42(39)28-35)34-22-18-31(19-23-34)41-27-32-11-4-5-12-36(32)37-13-6-7-14-38(37)41/h1-25,27-28,44H,26H2. The molecule has 1 N–H and O–H groups in total. The summed E-state index contributed by atoms with van der Waals surface area (Å²) in [5.41, 5.74) is 10.0. The second kappa shape index (κ2) is 10.8. The summed E-state index contributed by atoms with van der Waals surface area (Å²) in [5, 5.41) is 9.54. The molecule has 3 nitrogen and oxygen atoms in total. The number of anilines is 4. The molecule has 0 radical (unpaired) electrons. The maximum atomic E-state index is 6.29. The van der Waals surface area contributed by atoms with Crippen molar-refractivity contribution in [3.05, 3.63) is 163 Å². The van der Waals surface area contributed by atoms with Crippen molar-refractivity contribution in [2.24, 2.45) is 0 Å². The smallest absolute Gasteiger partial charge is 0.201 e. The molecule has 0 bridgehead atoms. The maximum Gasteiger partial charge on any atom is 0.201 e. The summed E-state index contributed by atoms with van der Waals surface area (Å²) in [7, 11) is 0. The number of fused-ring (bicyclic) bond motifs is 6. The summed E-state index contributed by atoms with van der Waals surface area (Å²) < 4.78 is 6.29. The van der Waals surface area contributed by atoms with Gasteiger partial charge >= 0.3 is 0 Å². The van der Waals surface area contributed by atoms with Crippen LogP contribution < -0.4 is 10.2 Å². The van der Waals surface area contributed by atoms with E-state index in [1.54, 1.807) is 0 Å². The number of rotatable bonds is 5. The summed E-state index contributed by atoms with van der Waals surface area (Å²) >= 11 is 0. The number of hydrogen-bond donors (Lipinski definition) is 1. The van der Waals surface area contributed by atoms with Gasteiger partial charge in [0.25, 0.3) is 0 Å². The van der Waals surface area contributed by atoms with Crippen molar-refractivity contribution < 1.29 is 4.42 Å². The third-order valence-corrected chi connectivity index (χ3v) is 9.07. The van der Waals surface area contributed by atoms with Crippen molar-refractivity contribution in [2.75, 3.05) is 16.8 Å². The molecule has 1 aliphatic heterocycles. The minimum atomic E-state index is 0.776. The van der Waals surface area contributed by atoms with E-state index in [2.05, 4.69) is 174 Å². The Morgan fingerprint density at radius 3 is 1.91 bits per heavy atom. The van der Waals surface area contributed by atoms with Crippen molar-refractivity contribution in [1.29, 1.82) is 0 Å². The van der Waals surface area contributed by atoms with Crippen molar-refractivity contribution >= 4 is 61.5 Å². The molecule has 0 atom stereocenters. The van der Waals surface area contributed by atoms with Crippen molar-refractivity contribution in [3.8, 4) is 22.3 Å². The van der Waals surface area contributed by atoms with Crippen LogP contribution in [0.5, 0.6) is 0 Å². The van der Waals surface area contributed by atoms with Crippen LogP contribution in [0, 0.1) is 0 Å². The third kappa shape index (κ3) is 4.44. The molecular formula is C43H30N2O. The second-order valence-corrected chi connectivity index (χ2v) is 11.8. The van der Waals surface area contributed by atoms with Gasteiger partial charge in [0.1, 0.15) is 5.58 Å². The Balaban J connectivity index is 1.17. The molecule has 8 aromatic rings. The van der Waals surface area contributed by atoms with Gasteiger partial charge in [-0.15, -0.1) is 0 Å². The summed E-state index contributed by atoms with van der Waals surface area (Å²) in [6.07, 6.45) is 4.28. The quantitative estimate of drug-likeness (QED) is 0.202. The van der Waals surface area contributed by atoms with E-state index in [9.17, 15) is 0 Å². The van der Waals surface area contributed by atoms with Crippen molar-refractivity contribution in [2.45, 2.75) is 0 Å². The van der Waals surface area contributed by atoms with Crippen molar-refractivity contribution in [1.82, 2.24) is 0 Å². The minimum Gasteiger partial charge on any atom is -0.440 e. The zero-order valence-corrected chi connectivity index (χ0v) is 25.2. The van der Waals surface area contributed by atoms with E-state index in [-0.39, 0.29) is 0 Å². The second-order valence-electron chi connectivity index (χ2n) is 11.8. The molecule has 46 heavy (non-hydrogen) atoms. The van der Waals surface area contributed by atoms with Crippen LogP contribution in [0.4, 0.5) is 22.9 Å². The van der Waals surface area contributed by atoms with Crippen LogP contribution in [0.2, 0.25) is 0 Å². The SMILES string of the molecule is C1=Cc2c(oc3cc(N(c4ccc(-c5ccccc5)cc4)c4ccc(-c5cc6ccccc6c6ccccc56)cc4)ccc23)NC1. The van der Waals surface area contributed by atoms with Crippen molar-refractivity contribution in [3.63, 3.8) is 0 Å². The maximum absolute atomic E-state index is 6.29. The molecule has 0 saturated heterocycles. The summed E-state index contributed by atoms with van der Waals surface area (Å²) in [4.78, 5) is 2.31. The first kappa shape index (κ1) is 26.4. The monoisotopic (exact) mass is 590 g/mol. The Morgan fingerprint density at radius 1 is 0.500 bits per heavy atom. The zero-order chi connectivity index (χ0) is 30.5. The number of nitrogens with one attached hydrogen (secondary N) is 1. The van der Waals surface area contributed by atoms with Crippen LogP contribution in [0.3, 0.4) is 0 Å². The van der Waals surface area contributed by atoms with Gasteiger partial charge in [-0.1, -0.05) is 115 Å². The lowest BCUT2D eigenvalue weighted by Crippen LogP contribution is -2.09. The van der Waals surface area contributed by atoms with Crippen LogP contribution in [-0.4, -0.2) is 6.54 Å². The first-order chi connectivity index (χ1) is 22.8. The molecule has 218 valence electrons. The van der Waals surface area contributed by atoms with Gasteiger partial charge in [0.05, 0.1) is 0 Å². The van der Waals surface area contributed by atoms with Crippen LogP contribution in [-0.2, 0) is 0 Å². The molecule has 2 heterocycles. The van der Waals surface area contributed by atoms with E-state index in [1.165, 1.54) is 43.8 Å². The number of benzene rings is 7. The lowest BCUT2D eigenvalue weighted by molar-refractivity contribution is 0.628. The highest BCUT2D eigenvalue weighted by atomic mass is 16.3. The number of furan rings is 1. The molecule has 1 aliphatic rings. The molecule has 0 aliphatic carbocycles. The van der Waals surface area contributed by atoms with Gasteiger partial charge in [0, 0.05) is 40.6 Å². The largest absolute Gasteiger partial charge is 0.440 e. The third-order valence-electron chi connectivity index (χ3n) is 9.07. The molecule has 0 unspecified atom stereocenters. The fraction of sp³-hybridized carbons (Fsp3) is 0.0233. The van der Waals surface area contributed by atoms with Gasteiger partial charge in [0.15, 0.2) is 0 Å².